The zero-order valence-electron chi connectivity index (χ0n) is 16.1. The molecule has 2 fully saturated rings. The third-order valence-electron chi connectivity index (χ3n) is 4.76. The maximum Gasteiger partial charge on any atom is 0.410 e. The molecule has 2 heterocycles. The number of nitriles is 1. The summed E-state index contributed by atoms with van der Waals surface area (Å²) in [4.78, 5) is 28.6. The molecule has 2 atom stereocenters. The summed E-state index contributed by atoms with van der Waals surface area (Å²) in [5.41, 5.74) is 0. The highest BCUT2D eigenvalue weighted by molar-refractivity contribution is 7.90. The summed E-state index contributed by atoms with van der Waals surface area (Å²) in [7, 11) is -3.34. The van der Waals surface area contributed by atoms with Crippen LogP contribution in [0.4, 0.5) is 4.79 Å². The zero-order valence-corrected chi connectivity index (χ0v) is 16.9. The molecule has 28 heavy (non-hydrogen) atoms. The van der Waals surface area contributed by atoms with Gasteiger partial charge < -0.3 is 24.6 Å². The molecule has 2 unspecified atom stereocenters. The van der Waals surface area contributed by atoms with Crippen molar-refractivity contribution >= 4 is 21.8 Å². The molecule has 0 aromatic heterocycles. The van der Waals surface area contributed by atoms with Crippen LogP contribution >= 0.6 is 0 Å². The monoisotopic (exact) mass is 416 g/mol. The Morgan fingerprint density at radius 3 is 2.68 bits per heavy atom. The maximum atomic E-state index is 13.1. The van der Waals surface area contributed by atoms with Gasteiger partial charge in [-0.25, -0.2) is 13.2 Å². The van der Waals surface area contributed by atoms with Crippen molar-refractivity contribution in [3.8, 4) is 6.07 Å². The van der Waals surface area contributed by atoms with Crippen LogP contribution in [0.1, 0.15) is 19.3 Å². The second-order valence-electron chi connectivity index (χ2n) is 6.98. The Labute approximate surface area is 165 Å². The molecule has 0 aromatic rings. The first-order valence-electron chi connectivity index (χ1n) is 9.41. The van der Waals surface area contributed by atoms with Crippen LogP contribution in [0, 0.1) is 11.3 Å². The minimum Gasteiger partial charge on any atom is -0.436 e. The summed E-state index contributed by atoms with van der Waals surface area (Å²) in [6.07, 6.45) is -0.0144. The standard InChI is InChI=1S/C17H28N4O6S/c1-28(24,25)12-4-15(27-17(23)20-8-10-26-11-9-20)16(22)21(7-2-5-18)14-3-6-19-13-14/h14-15,19H,2-4,6-13H2,1H3. The molecule has 0 aromatic carbocycles. The topological polar surface area (TPSA) is 129 Å². The second kappa shape index (κ2) is 10.6. The van der Waals surface area contributed by atoms with E-state index in [1.54, 1.807) is 4.90 Å². The third kappa shape index (κ3) is 6.92. The summed E-state index contributed by atoms with van der Waals surface area (Å²) in [5, 5.41) is 12.1. The molecule has 0 spiro atoms. The molecule has 158 valence electrons. The Bertz CT molecular complexity index is 680. The molecule has 2 aliphatic rings. The van der Waals surface area contributed by atoms with Gasteiger partial charge >= 0.3 is 6.09 Å². The van der Waals surface area contributed by atoms with Gasteiger partial charge in [-0.3, -0.25) is 4.79 Å². The molecule has 11 heteroatoms. The Kier molecular flexibility index (Phi) is 8.47. The number of morpholine rings is 1. The average molecular weight is 417 g/mol. The number of hydrogen-bond donors (Lipinski definition) is 1. The lowest BCUT2D eigenvalue weighted by Gasteiger charge is -2.33. The molecular weight excluding hydrogens is 388 g/mol. The van der Waals surface area contributed by atoms with Gasteiger partial charge in [0.2, 0.25) is 0 Å². The van der Waals surface area contributed by atoms with E-state index in [0.29, 0.717) is 32.8 Å². The number of carbonyl (C=O) groups is 2. The molecule has 2 saturated heterocycles. The molecule has 0 bridgehead atoms. The van der Waals surface area contributed by atoms with Gasteiger partial charge in [-0.15, -0.1) is 0 Å². The molecule has 2 rings (SSSR count). The molecule has 10 nitrogen and oxygen atoms in total. The average Bonchev–Trinajstić information content (AvgIpc) is 3.19. The van der Waals surface area contributed by atoms with Crippen molar-refractivity contribution in [2.24, 2.45) is 0 Å². The van der Waals surface area contributed by atoms with Gasteiger partial charge in [0.25, 0.3) is 5.91 Å². The fourth-order valence-electron chi connectivity index (χ4n) is 3.23. The molecule has 2 aliphatic heterocycles. The van der Waals surface area contributed by atoms with Gasteiger partial charge in [0, 0.05) is 44.9 Å². The Morgan fingerprint density at radius 1 is 1.39 bits per heavy atom. The van der Waals surface area contributed by atoms with Crippen LogP contribution in [-0.4, -0.2) is 100 Å². The van der Waals surface area contributed by atoms with Crippen LogP contribution in [0.25, 0.3) is 0 Å². The SMILES string of the molecule is CS(=O)(=O)CCC(OC(=O)N1CCOCC1)C(=O)N(CCC#N)C1CCNC1. The van der Waals surface area contributed by atoms with Gasteiger partial charge in [0.1, 0.15) is 9.84 Å². The highest BCUT2D eigenvalue weighted by atomic mass is 32.2. The Morgan fingerprint density at radius 2 is 2.11 bits per heavy atom. The Hall–Kier alpha value is -1.90. The lowest BCUT2D eigenvalue weighted by atomic mass is 10.1. The third-order valence-corrected chi connectivity index (χ3v) is 5.74. The van der Waals surface area contributed by atoms with Gasteiger partial charge in [0.05, 0.1) is 31.5 Å². The maximum absolute atomic E-state index is 13.1. The number of rotatable bonds is 8. The van der Waals surface area contributed by atoms with E-state index in [0.717, 1.165) is 19.2 Å². The lowest BCUT2D eigenvalue weighted by molar-refractivity contribution is -0.143. The summed E-state index contributed by atoms with van der Waals surface area (Å²) in [6, 6.07) is 1.92. The van der Waals surface area contributed by atoms with E-state index in [9.17, 15) is 18.0 Å². The smallest absolute Gasteiger partial charge is 0.410 e. The fourth-order valence-corrected chi connectivity index (χ4v) is 3.87. The van der Waals surface area contributed by atoms with Crippen molar-refractivity contribution in [2.75, 3.05) is 57.9 Å². The van der Waals surface area contributed by atoms with Crippen molar-refractivity contribution in [1.29, 1.82) is 5.26 Å². The first kappa shape index (κ1) is 22.4. The van der Waals surface area contributed by atoms with E-state index < -0.39 is 27.9 Å². The summed E-state index contributed by atoms with van der Waals surface area (Å²) < 4.78 is 33.8. The van der Waals surface area contributed by atoms with E-state index in [1.807, 2.05) is 6.07 Å². The van der Waals surface area contributed by atoms with Crippen LogP contribution in [0.2, 0.25) is 0 Å². The molecule has 0 saturated carbocycles. The lowest BCUT2D eigenvalue weighted by Crippen LogP contribution is -2.50. The normalized spacial score (nSPS) is 21.0. The predicted octanol–water partition coefficient (Wildman–Crippen LogP) is -0.637. The van der Waals surface area contributed by atoms with E-state index >= 15 is 0 Å². The van der Waals surface area contributed by atoms with Crippen molar-refractivity contribution < 1.29 is 27.5 Å². The van der Waals surface area contributed by atoms with Gasteiger partial charge in [-0.1, -0.05) is 0 Å². The van der Waals surface area contributed by atoms with Crippen LogP contribution in [0.5, 0.6) is 0 Å². The number of sulfone groups is 1. The second-order valence-corrected chi connectivity index (χ2v) is 9.24. The minimum absolute atomic E-state index is 0.108. The minimum atomic E-state index is -3.34. The number of nitrogens with zero attached hydrogens (tertiary/aromatic N) is 3. The van der Waals surface area contributed by atoms with Crippen LogP contribution in [-0.2, 0) is 24.1 Å². The highest BCUT2D eigenvalue weighted by Gasteiger charge is 2.35. The van der Waals surface area contributed by atoms with E-state index in [4.69, 9.17) is 14.7 Å². The summed E-state index contributed by atoms with van der Waals surface area (Å²) in [5.74, 6) is -0.719. The van der Waals surface area contributed by atoms with Crippen LogP contribution < -0.4 is 5.32 Å². The van der Waals surface area contributed by atoms with Crippen molar-refractivity contribution in [1.82, 2.24) is 15.1 Å². The zero-order chi connectivity index (χ0) is 20.6. The first-order chi connectivity index (χ1) is 13.3. The molecule has 0 radical (unpaired) electrons. The Balaban J connectivity index is 2.12. The number of carbonyl (C=O) groups excluding carboxylic acids is 2. The fraction of sp³-hybridized carbons (Fsp3) is 0.824. The number of amides is 2. The molecule has 0 aliphatic carbocycles. The molecule has 2 amide bonds. The number of nitrogens with one attached hydrogen (secondary N) is 1. The van der Waals surface area contributed by atoms with E-state index in [1.165, 1.54) is 4.90 Å². The van der Waals surface area contributed by atoms with Crippen LogP contribution in [0.15, 0.2) is 0 Å². The molecule has 1 N–H and O–H groups in total. The van der Waals surface area contributed by atoms with Crippen molar-refractivity contribution in [2.45, 2.75) is 31.4 Å². The summed E-state index contributed by atoms with van der Waals surface area (Å²) >= 11 is 0. The quantitative estimate of drug-likeness (QED) is 0.553. The van der Waals surface area contributed by atoms with E-state index in [2.05, 4.69) is 5.32 Å². The highest BCUT2D eigenvalue weighted by Crippen LogP contribution is 2.16. The summed E-state index contributed by atoms with van der Waals surface area (Å²) in [6.45, 7) is 3.05. The largest absolute Gasteiger partial charge is 0.436 e. The van der Waals surface area contributed by atoms with Crippen molar-refractivity contribution in [3.05, 3.63) is 0 Å². The first-order valence-corrected chi connectivity index (χ1v) is 11.5. The number of hydrogen-bond acceptors (Lipinski definition) is 8. The molecular formula is C17H28N4O6S. The van der Waals surface area contributed by atoms with Crippen LogP contribution in [0.3, 0.4) is 0 Å². The predicted molar refractivity (Wildman–Crippen MR) is 100 cm³/mol. The van der Waals surface area contributed by atoms with Gasteiger partial charge in [-0.05, 0) is 13.0 Å². The van der Waals surface area contributed by atoms with Gasteiger partial charge in [0.15, 0.2) is 6.10 Å². The van der Waals surface area contributed by atoms with Gasteiger partial charge in [-0.2, -0.15) is 5.26 Å². The van der Waals surface area contributed by atoms with E-state index in [-0.39, 0.29) is 31.2 Å². The van der Waals surface area contributed by atoms with Crippen molar-refractivity contribution in [3.63, 3.8) is 0 Å². The number of ether oxygens (including phenoxy) is 2.